The lowest BCUT2D eigenvalue weighted by Crippen LogP contribution is -2.60. The number of nitrogens with zero attached hydrogens (tertiary/aromatic N) is 4. The lowest BCUT2D eigenvalue weighted by molar-refractivity contribution is -0.156. The Labute approximate surface area is 253 Å². The van der Waals surface area contributed by atoms with Crippen LogP contribution in [0.25, 0.3) is 0 Å². The zero-order chi connectivity index (χ0) is 30.4. The number of aliphatic hydroxyl groups is 1. The summed E-state index contributed by atoms with van der Waals surface area (Å²) < 4.78 is 12.6. The molecule has 0 radical (unpaired) electrons. The molecule has 3 saturated heterocycles. The molecule has 6 atom stereocenters. The smallest absolute Gasteiger partial charge is 0.249 e. The van der Waals surface area contributed by atoms with Crippen LogP contribution < -0.4 is 4.90 Å². The number of hydrogen-bond acceptors (Lipinski definition) is 7. The normalized spacial score (nSPS) is 33.5. The van der Waals surface area contributed by atoms with Crippen LogP contribution >= 0.6 is 0 Å². The van der Waals surface area contributed by atoms with Crippen molar-refractivity contribution in [3.63, 3.8) is 0 Å². The van der Waals surface area contributed by atoms with Gasteiger partial charge in [0.2, 0.25) is 17.7 Å². The summed E-state index contributed by atoms with van der Waals surface area (Å²) in [6.45, 7) is 10.5. The van der Waals surface area contributed by atoms with Crippen molar-refractivity contribution in [3.8, 4) is 0 Å². The van der Waals surface area contributed by atoms with E-state index in [9.17, 15) is 19.5 Å². The van der Waals surface area contributed by atoms with E-state index in [-0.39, 0.29) is 30.2 Å². The number of aliphatic hydroxyl groups excluding tert-OH is 1. The van der Waals surface area contributed by atoms with Crippen molar-refractivity contribution in [1.29, 1.82) is 0 Å². The largest absolute Gasteiger partial charge is 0.394 e. The number of likely N-dealkylation sites (tertiary alicyclic amines) is 1. The molecule has 1 aromatic carbocycles. The zero-order valence-corrected chi connectivity index (χ0v) is 25.4. The van der Waals surface area contributed by atoms with E-state index in [0.717, 1.165) is 18.8 Å². The molecule has 10 heteroatoms. The van der Waals surface area contributed by atoms with Crippen molar-refractivity contribution < 1.29 is 29.0 Å². The van der Waals surface area contributed by atoms with Gasteiger partial charge in [-0.25, -0.2) is 0 Å². The summed E-state index contributed by atoms with van der Waals surface area (Å²) in [7, 11) is 0. The average molecular weight is 593 g/mol. The topological polar surface area (TPSA) is 103 Å². The lowest BCUT2D eigenvalue weighted by Gasteiger charge is -2.42. The first-order valence-corrected chi connectivity index (χ1v) is 15.7. The van der Waals surface area contributed by atoms with Crippen molar-refractivity contribution in [2.45, 2.75) is 50.5 Å². The first-order chi connectivity index (χ1) is 20.8. The van der Waals surface area contributed by atoms with Gasteiger partial charge in [0.05, 0.1) is 43.3 Å². The van der Waals surface area contributed by atoms with Crippen LogP contribution in [0.2, 0.25) is 0 Å². The fourth-order valence-electron chi connectivity index (χ4n) is 7.85. The molecule has 0 aromatic heterocycles. The minimum Gasteiger partial charge on any atom is -0.394 e. The van der Waals surface area contributed by atoms with Gasteiger partial charge in [0.25, 0.3) is 0 Å². The second-order valence-electron chi connectivity index (χ2n) is 12.7. The summed E-state index contributed by atoms with van der Waals surface area (Å²) in [6, 6.07) is 7.88. The molecule has 232 valence electrons. The quantitative estimate of drug-likeness (QED) is 0.459. The molecule has 5 aliphatic heterocycles. The van der Waals surface area contributed by atoms with Crippen LogP contribution in [0.3, 0.4) is 0 Å². The van der Waals surface area contributed by atoms with Crippen LogP contribution in [0, 0.1) is 17.8 Å². The number of fused-ring (bicyclic) bond motifs is 2. The first kappa shape index (κ1) is 30.0. The molecule has 1 N–H and O–H groups in total. The van der Waals surface area contributed by atoms with Gasteiger partial charge in [-0.1, -0.05) is 63.3 Å². The summed E-state index contributed by atoms with van der Waals surface area (Å²) in [5.74, 6) is -2.55. The van der Waals surface area contributed by atoms with Crippen LogP contribution in [-0.2, 0) is 23.9 Å². The molecule has 3 amide bonds. The number of morpholine rings is 1. The summed E-state index contributed by atoms with van der Waals surface area (Å²) in [4.78, 5) is 51.4. The number of rotatable bonds is 8. The fourth-order valence-corrected chi connectivity index (χ4v) is 7.85. The van der Waals surface area contributed by atoms with Crippen LogP contribution in [-0.4, -0.2) is 120 Å². The van der Waals surface area contributed by atoms with Crippen molar-refractivity contribution in [2.24, 2.45) is 17.8 Å². The highest BCUT2D eigenvalue weighted by Gasteiger charge is 2.76. The average Bonchev–Trinajstić information content (AvgIpc) is 3.31. The van der Waals surface area contributed by atoms with Crippen molar-refractivity contribution in [3.05, 3.63) is 54.6 Å². The van der Waals surface area contributed by atoms with E-state index in [1.165, 1.54) is 0 Å². The third kappa shape index (κ3) is 4.83. The summed E-state index contributed by atoms with van der Waals surface area (Å²) >= 11 is 0. The maximum absolute atomic E-state index is 14.7. The molecule has 5 heterocycles. The Morgan fingerprint density at radius 1 is 0.930 bits per heavy atom. The SMILES string of the molecule is CC[C@@]12C=CCN(c3ccccc3)C(=O)[C@@H]1[C@H]1C(=O)N([C@@H](CO)C(C)C)C3C(=O)N(CCN4CCOCC4)CC=C[C@@]31O2. The first-order valence-electron chi connectivity index (χ1n) is 15.7. The Balaban J connectivity index is 1.43. The minimum absolute atomic E-state index is 0.117. The van der Waals surface area contributed by atoms with Gasteiger partial charge in [-0.2, -0.15) is 0 Å². The van der Waals surface area contributed by atoms with Gasteiger partial charge in [0.1, 0.15) is 11.6 Å². The van der Waals surface area contributed by atoms with Crippen molar-refractivity contribution in [2.75, 3.05) is 64.0 Å². The van der Waals surface area contributed by atoms with E-state index < -0.39 is 35.1 Å². The molecule has 1 unspecified atom stereocenters. The number of anilines is 1. The van der Waals surface area contributed by atoms with Crippen molar-refractivity contribution >= 4 is 23.4 Å². The Bertz CT molecular complexity index is 1280. The molecular weight excluding hydrogens is 548 g/mol. The van der Waals surface area contributed by atoms with E-state index in [4.69, 9.17) is 9.47 Å². The molecule has 10 nitrogen and oxygen atoms in total. The van der Waals surface area contributed by atoms with Crippen LogP contribution in [0.5, 0.6) is 0 Å². The number of ether oxygens (including phenoxy) is 2. The third-order valence-corrected chi connectivity index (χ3v) is 10.1. The van der Waals surface area contributed by atoms with Crippen LogP contribution in [0.4, 0.5) is 5.69 Å². The number of hydrogen-bond donors (Lipinski definition) is 1. The molecule has 0 bridgehead atoms. The second-order valence-corrected chi connectivity index (χ2v) is 12.7. The highest BCUT2D eigenvalue weighted by atomic mass is 16.5. The molecule has 43 heavy (non-hydrogen) atoms. The van der Waals surface area contributed by atoms with Gasteiger partial charge in [-0.05, 0) is 24.5 Å². The summed E-state index contributed by atoms with van der Waals surface area (Å²) in [6.07, 6.45) is 8.19. The monoisotopic (exact) mass is 592 g/mol. The summed E-state index contributed by atoms with van der Waals surface area (Å²) in [5.41, 5.74) is -1.64. The zero-order valence-electron chi connectivity index (χ0n) is 25.4. The standard InChI is InChI=1S/C33H44N4O6/c1-4-32-12-8-15-36(24-10-6-5-7-11-24)29(39)26(32)27-30(40)37(25(22-38)23(2)3)28-31(41)35(14-9-13-33(27,28)43-32)17-16-34-18-20-42-21-19-34/h5-13,23,25-28,38H,4,14-22H2,1-3H3/t25-,26-,27-,28?,32+,33-/m0/s1. The van der Waals surface area contributed by atoms with Crippen LogP contribution in [0.15, 0.2) is 54.6 Å². The van der Waals surface area contributed by atoms with Gasteiger partial charge < -0.3 is 29.3 Å². The lowest BCUT2D eigenvalue weighted by atomic mass is 9.73. The predicted molar refractivity (Wildman–Crippen MR) is 161 cm³/mol. The number of carbonyl (C=O) groups is 3. The van der Waals surface area contributed by atoms with Gasteiger partial charge in [0, 0.05) is 45.0 Å². The molecule has 5 aliphatic rings. The molecule has 0 saturated carbocycles. The number of amides is 3. The molecule has 1 aromatic rings. The van der Waals surface area contributed by atoms with E-state index in [1.54, 1.807) is 14.7 Å². The highest BCUT2D eigenvalue weighted by molar-refractivity contribution is 6.04. The number of carbonyl (C=O) groups excluding carboxylic acids is 3. The molecule has 1 spiro atoms. The summed E-state index contributed by atoms with van der Waals surface area (Å²) in [5, 5.41) is 10.6. The van der Waals surface area contributed by atoms with Gasteiger partial charge in [-0.15, -0.1) is 0 Å². The molecule has 6 rings (SSSR count). The van der Waals surface area contributed by atoms with Gasteiger partial charge in [0.15, 0.2) is 0 Å². The Kier molecular flexibility index (Phi) is 8.23. The van der Waals surface area contributed by atoms with Crippen molar-refractivity contribution in [1.82, 2.24) is 14.7 Å². The molecule has 0 aliphatic carbocycles. The number of para-hydroxylation sites is 1. The second kappa shape index (κ2) is 11.8. The van der Waals surface area contributed by atoms with E-state index >= 15 is 0 Å². The maximum atomic E-state index is 14.7. The van der Waals surface area contributed by atoms with E-state index in [2.05, 4.69) is 4.90 Å². The van der Waals surface area contributed by atoms with Crippen LogP contribution in [0.1, 0.15) is 27.2 Å². The van der Waals surface area contributed by atoms with Gasteiger partial charge >= 0.3 is 0 Å². The maximum Gasteiger partial charge on any atom is 0.249 e. The van der Waals surface area contributed by atoms with E-state index in [0.29, 0.717) is 45.8 Å². The Morgan fingerprint density at radius 2 is 1.65 bits per heavy atom. The molecular formula is C33H44N4O6. The number of benzene rings is 1. The van der Waals surface area contributed by atoms with Gasteiger partial charge in [-0.3, -0.25) is 19.3 Å². The highest BCUT2D eigenvalue weighted by Crippen LogP contribution is 2.59. The minimum atomic E-state index is -1.34. The fraction of sp³-hybridized carbons (Fsp3) is 0.606. The van der Waals surface area contributed by atoms with E-state index in [1.807, 2.05) is 75.4 Å². The Hall–Kier alpha value is -3.05. The third-order valence-electron chi connectivity index (χ3n) is 10.1. The Morgan fingerprint density at radius 3 is 2.33 bits per heavy atom. The molecule has 3 fully saturated rings. The predicted octanol–water partition coefficient (Wildman–Crippen LogP) is 1.70.